The Morgan fingerprint density at radius 3 is 2.50 bits per heavy atom. The quantitative estimate of drug-likeness (QED) is 0.286. The van der Waals surface area contributed by atoms with E-state index in [2.05, 4.69) is 16.8 Å². The Bertz CT molecular complexity index is 186. The monoisotopic (exact) mass is 235 g/mol. The summed E-state index contributed by atoms with van der Waals surface area (Å²) in [7, 11) is 3.66. The first-order valence-corrected chi connectivity index (χ1v) is 5.47. The largest absolute Gasteiger partial charge is 0.540 e. The van der Waals surface area contributed by atoms with Crippen LogP contribution in [0.4, 0.5) is 4.79 Å². The van der Waals surface area contributed by atoms with Crippen molar-refractivity contribution < 1.29 is 24.7 Å². The summed E-state index contributed by atoms with van der Waals surface area (Å²) in [4.78, 5) is 20.4. The molecule has 0 heterocycles. The van der Waals surface area contributed by atoms with Crippen LogP contribution in [0.15, 0.2) is 0 Å². The van der Waals surface area contributed by atoms with Gasteiger partial charge in [0.25, 0.3) is 0 Å². The van der Waals surface area contributed by atoms with Crippen LogP contribution >= 0.6 is 0 Å². The van der Waals surface area contributed by atoms with Crippen molar-refractivity contribution in [3.05, 3.63) is 0 Å². The maximum Gasteiger partial charge on any atom is 0.540 e. The van der Waals surface area contributed by atoms with Crippen LogP contribution in [0.25, 0.3) is 0 Å². The summed E-state index contributed by atoms with van der Waals surface area (Å²) in [5, 5.41) is 12.3. The van der Waals surface area contributed by atoms with Crippen molar-refractivity contribution in [1.29, 1.82) is 0 Å². The second kappa shape index (κ2) is 9.38. The van der Waals surface area contributed by atoms with Crippen molar-refractivity contribution in [2.24, 2.45) is 0 Å². The van der Waals surface area contributed by atoms with E-state index in [1.807, 2.05) is 14.1 Å². The molecule has 0 aliphatic carbocycles. The third-order valence-electron chi connectivity index (χ3n) is 2.14. The molecule has 6 nitrogen and oxygen atoms in total. The highest BCUT2D eigenvalue weighted by Crippen LogP contribution is 2.10. The molecule has 0 spiro atoms. The molecule has 0 bridgehead atoms. The molecular weight excluding hydrogens is 214 g/mol. The SMILES string of the molecule is CCCCCCC(OOOC(=O)O)N(C)C. The highest BCUT2D eigenvalue weighted by molar-refractivity contribution is 5.55. The standard InChI is InChI=1S/C10H21NO5/c1-4-5-6-7-8-9(11(2)3)14-16-15-10(12)13/h9H,4-8H2,1-3H3,(H,12,13). The van der Waals surface area contributed by atoms with Crippen molar-refractivity contribution in [3.63, 3.8) is 0 Å². The fourth-order valence-corrected chi connectivity index (χ4v) is 1.23. The summed E-state index contributed by atoms with van der Waals surface area (Å²) in [6, 6.07) is 0. The molecule has 0 radical (unpaired) electrons. The first kappa shape index (κ1) is 15.2. The molecule has 1 N–H and O–H groups in total. The molecule has 1 unspecified atom stereocenters. The van der Waals surface area contributed by atoms with E-state index in [1.165, 1.54) is 12.8 Å². The smallest absolute Gasteiger partial charge is 0.448 e. The summed E-state index contributed by atoms with van der Waals surface area (Å²) in [6.45, 7) is 2.14. The summed E-state index contributed by atoms with van der Waals surface area (Å²) < 4.78 is 0. The van der Waals surface area contributed by atoms with Gasteiger partial charge in [0.2, 0.25) is 0 Å². The van der Waals surface area contributed by atoms with Crippen molar-refractivity contribution in [2.45, 2.75) is 45.3 Å². The number of hydrogen-bond acceptors (Lipinski definition) is 5. The summed E-state index contributed by atoms with van der Waals surface area (Å²) in [5.41, 5.74) is 0. The average Bonchev–Trinajstić information content (AvgIpc) is 2.20. The van der Waals surface area contributed by atoms with Gasteiger partial charge in [-0.1, -0.05) is 26.2 Å². The topological polar surface area (TPSA) is 68.2 Å². The number of hydrogen-bond donors (Lipinski definition) is 1. The minimum Gasteiger partial charge on any atom is -0.448 e. The molecule has 0 fully saturated rings. The van der Waals surface area contributed by atoms with Gasteiger partial charge in [0, 0.05) is 0 Å². The van der Waals surface area contributed by atoms with E-state index < -0.39 is 6.16 Å². The second-order valence-corrected chi connectivity index (χ2v) is 3.78. The number of carboxylic acid groups (broad SMARTS) is 1. The Morgan fingerprint density at radius 1 is 1.31 bits per heavy atom. The fourth-order valence-electron chi connectivity index (χ4n) is 1.23. The van der Waals surface area contributed by atoms with Gasteiger partial charge in [0.15, 0.2) is 0 Å². The Morgan fingerprint density at radius 2 is 2.00 bits per heavy atom. The Labute approximate surface area is 95.9 Å². The van der Waals surface area contributed by atoms with Crippen molar-refractivity contribution in [3.8, 4) is 0 Å². The van der Waals surface area contributed by atoms with Gasteiger partial charge in [-0.05, 0) is 32.0 Å². The van der Waals surface area contributed by atoms with Crippen LogP contribution < -0.4 is 0 Å². The lowest BCUT2D eigenvalue weighted by molar-refractivity contribution is -0.511. The number of rotatable bonds is 9. The summed E-state index contributed by atoms with van der Waals surface area (Å²) in [6.07, 6.45) is 3.45. The van der Waals surface area contributed by atoms with E-state index in [4.69, 9.17) is 9.99 Å². The average molecular weight is 235 g/mol. The highest BCUT2D eigenvalue weighted by Gasteiger charge is 2.14. The Hall–Kier alpha value is -0.850. The Balaban J connectivity index is 3.66. The second-order valence-electron chi connectivity index (χ2n) is 3.78. The number of nitrogens with zero attached hydrogens (tertiary/aromatic N) is 1. The van der Waals surface area contributed by atoms with E-state index in [9.17, 15) is 4.79 Å². The van der Waals surface area contributed by atoms with Gasteiger partial charge in [-0.15, -0.1) is 0 Å². The third-order valence-corrected chi connectivity index (χ3v) is 2.14. The van der Waals surface area contributed by atoms with Crippen LogP contribution in [0, 0.1) is 0 Å². The van der Waals surface area contributed by atoms with Gasteiger partial charge in [-0.3, -0.25) is 4.90 Å². The minimum absolute atomic E-state index is 0.295. The van der Waals surface area contributed by atoms with Gasteiger partial charge in [-0.2, -0.15) is 4.89 Å². The van der Waals surface area contributed by atoms with Gasteiger partial charge in [-0.25, -0.2) is 9.68 Å². The molecule has 0 aromatic carbocycles. The fraction of sp³-hybridized carbons (Fsp3) is 0.900. The van der Waals surface area contributed by atoms with Crippen LogP contribution in [0.5, 0.6) is 0 Å². The van der Waals surface area contributed by atoms with Gasteiger partial charge < -0.3 is 5.11 Å². The van der Waals surface area contributed by atoms with E-state index in [0.717, 1.165) is 19.3 Å². The molecule has 0 amide bonds. The zero-order valence-corrected chi connectivity index (χ0v) is 10.1. The summed E-state index contributed by atoms with van der Waals surface area (Å²) in [5.74, 6) is 0. The first-order chi connectivity index (χ1) is 7.57. The predicted octanol–water partition coefficient (Wildman–Crippen LogP) is 2.40. The molecule has 0 aliphatic heterocycles. The van der Waals surface area contributed by atoms with E-state index in [-0.39, 0.29) is 6.23 Å². The molecule has 0 saturated heterocycles. The highest BCUT2D eigenvalue weighted by atomic mass is 17.5. The molecule has 0 aliphatic rings. The van der Waals surface area contributed by atoms with E-state index in [0.29, 0.717) is 0 Å². The molecule has 6 heteroatoms. The van der Waals surface area contributed by atoms with Gasteiger partial charge in [0.1, 0.15) is 6.23 Å². The van der Waals surface area contributed by atoms with Crippen molar-refractivity contribution in [1.82, 2.24) is 4.90 Å². The van der Waals surface area contributed by atoms with Gasteiger partial charge >= 0.3 is 6.16 Å². The molecule has 1 atom stereocenters. The Kier molecular flexibility index (Phi) is 8.88. The molecule has 0 aromatic rings. The van der Waals surface area contributed by atoms with Crippen LogP contribution in [-0.4, -0.2) is 36.5 Å². The van der Waals surface area contributed by atoms with Crippen LogP contribution in [-0.2, 0) is 14.8 Å². The van der Waals surface area contributed by atoms with Crippen LogP contribution in [0.2, 0.25) is 0 Å². The molecule has 16 heavy (non-hydrogen) atoms. The maximum atomic E-state index is 10.0. The zero-order valence-electron chi connectivity index (χ0n) is 10.1. The van der Waals surface area contributed by atoms with Gasteiger partial charge in [0.05, 0.1) is 0 Å². The third kappa shape index (κ3) is 8.46. The lowest BCUT2D eigenvalue weighted by Gasteiger charge is -2.21. The normalized spacial score (nSPS) is 12.8. The van der Waals surface area contributed by atoms with Crippen LogP contribution in [0.1, 0.15) is 39.0 Å². The molecule has 0 aromatic heterocycles. The first-order valence-electron chi connectivity index (χ1n) is 5.47. The van der Waals surface area contributed by atoms with E-state index in [1.54, 1.807) is 4.90 Å². The molecule has 0 saturated carbocycles. The molecule has 96 valence electrons. The van der Waals surface area contributed by atoms with Crippen LogP contribution in [0.3, 0.4) is 0 Å². The maximum absolute atomic E-state index is 10.0. The van der Waals surface area contributed by atoms with Crippen molar-refractivity contribution >= 4 is 6.16 Å². The molecular formula is C10H21NO5. The minimum atomic E-state index is -1.52. The van der Waals surface area contributed by atoms with E-state index >= 15 is 0 Å². The summed E-state index contributed by atoms with van der Waals surface area (Å²) >= 11 is 0. The lowest BCUT2D eigenvalue weighted by Crippen LogP contribution is -2.31. The predicted molar refractivity (Wildman–Crippen MR) is 57.5 cm³/mol. The number of unbranched alkanes of at least 4 members (excludes halogenated alkanes) is 3. The number of carbonyl (C=O) groups is 1. The van der Waals surface area contributed by atoms with Crippen molar-refractivity contribution in [2.75, 3.05) is 14.1 Å². The molecule has 0 rings (SSSR count). The zero-order chi connectivity index (χ0) is 12.4. The lowest BCUT2D eigenvalue weighted by atomic mass is 10.1.